The summed E-state index contributed by atoms with van der Waals surface area (Å²) in [6.07, 6.45) is 8.39. The first-order chi connectivity index (χ1) is 11.7. The molecule has 1 aromatic carbocycles. The Morgan fingerprint density at radius 3 is 2.67 bits per heavy atom. The van der Waals surface area contributed by atoms with E-state index in [1.807, 2.05) is 36.4 Å². The first-order valence-corrected chi connectivity index (χ1v) is 9.07. The normalized spacial score (nSPS) is 10.5. The Bertz CT molecular complexity index is 546. The van der Waals surface area contributed by atoms with E-state index >= 15 is 0 Å². The molecule has 2 amide bonds. The van der Waals surface area contributed by atoms with E-state index in [2.05, 4.69) is 11.6 Å². The van der Waals surface area contributed by atoms with Crippen molar-refractivity contribution in [2.24, 2.45) is 4.99 Å². The van der Waals surface area contributed by atoms with Crippen molar-refractivity contribution in [2.45, 2.75) is 38.7 Å². The standard InChI is InChI=1S/C18H24N2O3S/c1-3-4-5-6-10-13-17(21)20(24-2)15-19-18(22)23-14-16-11-8-7-9-12-16/h3,7-9,11-12,15H,1,4-6,10,13-14H2,2H3/b19-15-. The zero-order chi connectivity index (χ0) is 17.6. The van der Waals surface area contributed by atoms with Crippen LogP contribution in [0.3, 0.4) is 0 Å². The maximum Gasteiger partial charge on any atom is 0.435 e. The monoisotopic (exact) mass is 348 g/mol. The van der Waals surface area contributed by atoms with Crippen molar-refractivity contribution in [1.82, 2.24) is 4.31 Å². The van der Waals surface area contributed by atoms with Crippen LogP contribution in [0.1, 0.15) is 37.7 Å². The molecule has 5 nitrogen and oxygen atoms in total. The molecule has 1 rings (SSSR count). The highest BCUT2D eigenvalue weighted by atomic mass is 32.2. The number of nitrogens with zero attached hydrogens (tertiary/aromatic N) is 2. The summed E-state index contributed by atoms with van der Waals surface area (Å²) >= 11 is 1.21. The predicted molar refractivity (Wildman–Crippen MR) is 98.8 cm³/mol. The van der Waals surface area contributed by atoms with Gasteiger partial charge in [0.1, 0.15) is 12.9 Å². The van der Waals surface area contributed by atoms with Crippen LogP contribution in [-0.4, -0.2) is 28.9 Å². The summed E-state index contributed by atoms with van der Waals surface area (Å²) in [4.78, 5) is 27.3. The van der Waals surface area contributed by atoms with Gasteiger partial charge in [-0.3, -0.25) is 4.79 Å². The van der Waals surface area contributed by atoms with Crippen molar-refractivity contribution in [2.75, 3.05) is 6.26 Å². The van der Waals surface area contributed by atoms with Gasteiger partial charge in [-0.05, 0) is 36.8 Å². The molecule has 0 aliphatic carbocycles. The van der Waals surface area contributed by atoms with Gasteiger partial charge in [0.05, 0.1) is 0 Å². The average molecular weight is 348 g/mol. The van der Waals surface area contributed by atoms with Crippen LogP contribution in [0.5, 0.6) is 0 Å². The highest BCUT2D eigenvalue weighted by Gasteiger charge is 2.11. The van der Waals surface area contributed by atoms with E-state index < -0.39 is 6.09 Å². The van der Waals surface area contributed by atoms with Gasteiger partial charge in [0.2, 0.25) is 5.91 Å². The van der Waals surface area contributed by atoms with E-state index in [1.54, 1.807) is 6.26 Å². The Labute approximate surface area is 147 Å². The fraction of sp³-hybridized carbons (Fsp3) is 0.389. The van der Waals surface area contributed by atoms with Crippen molar-refractivity contribution in [3.63, 3.8) is 0 Å². The van der Waals surface area contributed by atoms with Gasteiger partial charge in [0.15, 0.2) is 0 Å². The molecule has 130 valence electrons. The minimum atomic E-state index is -0.711. The third-order valence-corrected chi connectivity index (χ3v) is 3.91. The first-order valence-electron chi connectivity index (χ1n) is 7.89. The number of allylic oxidation sites excluding steroid dienone is 1. The number of benzene rings is 1. The number of carbonyl (C=O) groups is 2. The molecule has 0 spiro atoms. The maximum absolute atomic E-state index is 12.0. The van der Waals surface area contributed by atoms with Crippen molar-refractivity contribution in [3.05, 3.63) is 48.6 Å². The highest BCUT2D eigenvalue weighted by molar-refractivity contribution is 7.97. The molecule has 0 aliphatic rings. The second-order valence-electron chi connectivity index (χ2n) is 5.07. The molecule has 6 heteroatoms. The fourth-order valence-corrected chi connectivity index (χ4v) is 2.36. The van der Waals surface area contributed by atoms with Gasteiger partial charge in [-0.1, -0.05) is 42.8 Å². The zero-order valence-corrected chi connectivity index (χ0v) is 14.8. The fourth-order valence-electron chi connectivity index (χ4n) is 1.92. The lowest BCUT2D eigenvalue weighted by Gasteiger charge is -2.13. The summed E-state index contributed by atoms with van der Waals surface area (Å²) < 4.78 is 6.39. The quantitative estimate of drug-likeness (QED) is 0.204. The molecule has 0 N–H and O–H groups in total. The van der Waals surface area contributed by atoms with Gasteiger partial charge >= 0.3 is 6.09 Å². The smallest absolute Gasteiger partial charge is 0.435 e. The molecule has 0 fully saturated rings. The number of ether oxygens (including phenoxy) is 1. The molecule has 0 aromatic heterocycles. The summed E-state index contributed by atoms with van der Waals surface area (Å²) in [7, 11) is 0. The van der Waals surface area contributed by atoms with Crippen LogP contribution in [-0.2, 0) is 16.1 Å². The van der Waals surface area contributed by atoms with E-state index in [0.29, 0.717) is 6.42 Å². The largest absolute Gasteiger partial charge is 0.443 e. The average Bonchev–Trinajstić information content (AvgIpc) is 2.61. The van der Waals surface area contributed by atoms with Crippen LogP contribution in [0.25, 0.3) is 0 Å². The minimum Gasteiger partial charge on any atom is -0.443 e. The number of rotatable bonds is 10. The lowest BCUT2D eigenvalue weighted by Crippen LogP contribution is -2.22. The summed E-state index contributed by atoms with van der Waals surface area (Å²) in [6, 6.07) is 9.36. The number of hydrogen-bond acceptors (Lipinski definition) is 4. The molecule has 0 atom stereocenters. The first kappa shape index (κ1) is 20.0. The Morgan fingerprint density at radius 1 is 1.25 bits per heavy atom. The predicted octanol–water partition coefficient (Wildman–Crippen LogP) is 4.59. The van der Waals surface area contributed by atoms with Crippen LogP contribution in [0.15, 0.2) is 48.0 Å². The van der Waals surface area contributed by atoms with Crippen molar-refractivity contribution < 1.29 is 14.3 Å². The van der Waals surface area contributed by atoms with E-state index in [-0.39, 0.29) is 12.5 Å². The number of aliphatic imine (C=N–C) groups is 1. The SMILES string of the molecule is C=CCCCCCC(=O)N(/C=N\C(=O)OCc1ccccc1)SC. The van der Waals surface area contributed by atoms with Gasteiger partial charge in [-0.15, -0.1) is 6.58 Å². The zero-order valence-electron chi connectivity index (χ0n) is 14.0. The van der Waals surface area contributed by atoms with Crippen molar-refractivity contribution in [3.8, 4) is 0 Å². The second kappa shape index (κ2) is 12.4. The van der Waals surface area contributed by atoms with E-state index in [1.165, 1.54) is 22.6 Å². The van der Waals surface area contributed by atoms with E-state index in [4.69, 9.17) is 4.74 Å². The third-order valence-electron chi connectivity index (χ3n) is 3.21. The van der Waals surface area contributed by atoms with E-state index in [0.717, 1.165) is 31.2 Å². The van der Waals surface area contributed by atoms with Gasteiger partial charge < -0.3 is 4.74 Å². The molecule has 0 radical (unpaired) electrons. The highest BCUT2D eigenvalue weighted by Crippen LogP contribution is 2.10. The number of hydrogen-bond donors (Lipinski definition) is 0. The minimum absolute atomic E-state index is 0.0688. The van der Waals surface area contributed by atoms with Gasteiger partial charge in [-0.25, -0.2) is 9.10 Å². The second-order valence-corrected chi connectivity index (χ2v) is 5.83. The molecule has 0 heterocycles. The molecule has 0 aliphatic heterocycles. The number of carbonyl (C=O) groups excluding carboxylic acids is 2. The van der Waals surface area contributed by atoms with Crippen LogP contribution < -0.4 is 0 Å². The van der Waals surface area contributed by atoms with Crippen LogP contribution in [0, 0.1) is 0 Å². The van der Waals surface area contributed by atoms with Crippen LogP contribution >= 0.6 is 11.9 Å². The molecule has 0 saturated heterocycles. The molecule has 0 saturated carbocycles. The van der Waals surface area contributed by atoms with Gasteiger partial charge in [0, 0.05) is 12.7 Å². The maximum atomic E-state index is 12.0. The molecule has 1 aromatic rings. The topological polar surface area (TPSA) is 59.0 Å². The van der Waals surface area contributed by atoms with Crippen molar-refractivity contribution >= 4 is 30.3 Å². The molecule has 0 bridgehead atoms. The number of amides is 2. The van der Waals surface area contributed by atoms with Crippen LogP contribution in [0.4, 0.5) is 4.79 Å². The molecule has 24 heavy (non-hydrogen) atoms. The van der Waals surface area contributed by atoms with Crippen molar-refractivity contribution in [1.29, 1.82) is 0 Å². The lowest BCUT2D eigenvalue weighted by molar-refractivity contribution is -0.123. The van der Waals surface area contributed by atoms with E-state index in [9.17, 15) is 9.59 Å². The van der Waals surface area contributed by atoms with Gasteiger partial charge in [0.25, 0.3) is 0 Å². The molecule has 0 unspecified atom stereocenters. The van der Waals surface area contributed by atoms with Gasteiger partial charge in [-0.2, -0.15) is 4.99 Å². The summed E-state index contributed by atoms with van der Waals surface area (Å²) in [5.74, 6) is -0.0688. The van der Waals surface area contributed by atoms with Crippen LogP contribution in [0.2, 0.25) is 0 Å². The Hall–Kier alpha value is -2.08. The molecular weight excluding hydrogens is 324 g/mol. The summed E-state index contributed by atoms with van der Waals surface area (Å²) in [5.41, 5.74) is 0.887. The summed E-state index contributed by atoms with van der Waals surface area (Å²) in [5, 5.41) is 0. The third kappa shape index (κ3) is 8.53. The Morgan fingerprint density at radius 2 is 2.00 bits per heavy atom. The summed E-state index contributed by atoms with van der Waals surface area (Å²) in [6.45, 7) is 3.83. The Balaban J connectivity index is 2.33. The lowest BCUT2D eigenvalue weighted by atomic mass is 10.1. The number of unbranched alkanes of at least 4 members (excludes halogenated alkanes) is 3. The molecular formula is C18H24N2O3S. The Kier molecular flexibility index (Phi) is 10.3.